The summed E-state index contributed by atoms with van der Waals surface area (Å²) in [5, 5.41) is 2.69. The lowest BCUT2D eigenvalue weighted by Gasteiger charge is -2.45. The smallest absolute Gasteiger partial charge is 0.261 e. The highest BCUT2D eigenvalue weighted by atomic mass is 28.4. The molecule has 0 spiro atoms. The molecule has 1 aliphatic rings. The Bertz CT molecular complexity index is 756. The summed E-state index contributed by atoms with van der Waals surface area (Å²) in [7, 11) is -2.49. The van der Waals surface area contributed by atoms with Crippen LogP contribution in [-0.4, -0.2) is 14.4 Å². The van der Waals surface area contributed by atoms with Crippen molar-refractivity contribution in [3.8, 4) is 12.3 Å². The van der Waals surface area contributed by atoms with Gasteiger partial charge in [0.25, 0.3) is 8.32 Å². The summed E-state index contributed by atoms with van der Waals surface area (Å²) >= 11 is 0. The molecule has 0 heterocycles. The zero-order chi connectivity index (χ0) is 19.3. The predicted molar refractivity (Wildman–Crippen MR) is 118 cm³/mol. The van der Waals surface area contributed by atoms with Gasteiger partial charge in [0.05, 0.1) is 6.10 Å². The Morgan fingerprint density at radius 3 is 2.04 bits per heavy atom. The van der Waals surface area contributed by atoms with Crippen molar-refractivity contribution in [3.63, 3.8) is 0 Å². The van der Waals surface area contributed by atoms with Gasteiger partial charge in [-0.25, -0.2) is 0 Å². The van der Waals surface area contributed by atoms with Crippen molar-refractivity contribution in [1.82, 2.24) is 0 Å². The van der Waals surface area contributed by atoms with Gasteiger partial charge in [-0.2, -0.15) is 0 Å². The first-order valence-electron chi connectivity index (χ1n) is 9.88. The number of hydrogen-bond acceptors (Lipinski definition) is 1. The summed E-state index contributed by atoms with van der Waals surface area (Å²) in [5.74, 6) is 3.20. The number of rotatable bonds is 6. The van der Waals surface area contributed by atoms with E-state index >= 15 is 0 Å². The molecule has 2 atom stereocenters. The first-order chi connectivity index (χ1) is 13.0. The molecule has 1 nitrogen and oxygen atoms in total. The summed E-state index contributed by atoms with van der Waals surface area (Å²) in [6.07, 6.45) is 13.1. The van der Waals surface area contributed by atoms with Gasteiger partial charge in [0, 0.05) is 12.3 Å². The van der Waals surface area contributed by atoms with E-state index in [1.54, 1.807) is 0 Å². The lowest BCUT2D eigenvalue weighted by Crippen LogP contribution is -2.68. The van der Waals surface area contributed by atoms with Gasteiger partial charge in [0.2, 0.25) is 0 Å². The maximum atomic E-state index is 7.25. The van der Waals surface area contributed by atoms with E-state index in [0.717, 1.165) is 19.3 Å². The molecule has 0 aliphatic heterocycles. The van der Waals surface area contributed by atoms with Crippen LogP contribution in [0.15, 0.2) is 72.8 Å². The molecule has 0 unspecified atom stereocenters. The van der Waals surface area contributed by atoms with Gasteiger partial charge in [-0.15, -0.1) is 12.3 Å². The Morgan fingerprint density at radius 1 is 1.00 bits per heavy atom. The van der Waals surface area contributed by atoms with Gasteiger partial charge in [-0.1, -0.05) is 93.6 Å². The predicted octanol–water partition coefficient (Wildman–Crippen LogP) is 4.92. The molecule has 140 valence electrons. The number of hydrogen-bond donors (Lipinski definition) is 0. The van der Waals surface area contributed by atoms with E-state index in [2.05, 4.69) is 99.5 Å². The van der Waals surface area contributed by atoms with Crippen molar-refractivity contribution < 1.29 is 4.43 Å². The van der Waals surface area contributed by atoms with Gasteiger partial charge in [0.15, 0.2) is 0 Å². The molecule has 0 amide bonds. The maximum absolute atomic E-state index is 7.25. The molecule has 0 bridgehead atoms. The molecule has 1 aliphatic carbocycles. The molecular weight excluding hydrogens is 344 g/mol. The molecule has 0 saturated heterocycles. The topological polar surface area (TPSA) is 9.23 Å². The number of terminal acetylenes is 1. The lowest BCUT2D eigenvalue weighted by molar-refractivity contribution is 0.153. The van der Waals surface area contributed by atoms with Crippen LogP contribution in [0.1, 0.15) is 40.0 Å². The third kappa shape index (κ3) is 3.95. The maximum Gasteiger partial charge on any atom is 0.261 e. The highest BCUT2D eigenvalue weighted by Gasteiger charge is 2.52. The molecule has 2 aromatic rings. The van der Waals surface area contributed by atoms with Crippen LogP contribution in [0.25, 0.3) is 0 Å². The third-order valence-corrected chi connectivity index (χ3v) is 10.7. The van der Waals surface area contributed by atoms with E-state index < -0.39 is 8.32 Å². The standard InChI is InChI=1S/C25H30OSi/c1-5-6-14-21-15-13-20-24(21)26-27(25(2,3)4,22-16-9-7-10-17-22)23-18-11-8-12-19-23/h1,7-13,15-19,21,24H,6,14,20H2,2-4H3/t21-,24+/m1/s1. The fourth-order valence-corrected chi connectivity index (χ4v) is 9.01. The van der Waals surface area contributed by atoms with Gasteiger partial charge < -0.3 is 4.43 Å². The minimum Gasteiger partial charge on any atom is -0.404 e. The molecule has 2 heteroatoms. The Kier molecular flexibility index (Phi) is 6.04. The van der Waals surface area contributed by atoms with Crippen molar-refractivity contribution in [3.05, 3.63) is 72.8 Å². The fourth-order valence-electron chi connectivity index (χ4n) is 4.27. The quantitative estimate of drug-likeness (QED) is 0.396. The molecular formula is C25H30OSi. The Morgan fingerprint density at radius 2 is 1.56 bits per heavy atom. The van der Waals surface area contributed by atoms with Crippen LogP contribution in [0.3, 0.4) is 0 Å². The Hall–Kier alpha value is -2.08. The largest absolute Gasteiger partial charge is 0.404 e. The van der Waals surface area contributed by atoms with E-state index in [-0.39, 0.29) is 11.1 Å². The van der Waals surface area contributed by atoms with Crippen LogP contribution in [0.2, 0.25) is 5.04 Å². The van der Waals surface area contributed by atoms with Crippen LogP contribution >= 0.6 is 0 Å². The van der Waals surface area contributed by atoms with Crippen molar-refractivity contribution >= 4 is 18.7 Å². The van der Waals surface area contributed by atoms with E-state index in [4.69, 9.17) is 10.8 Å². The first-order valence-corrected chi connectivity index (χ1v) is 11.8. The van der Waals surface area contributed by atoms with Gasteiger partial charge in [-0.05, 0) is 28.3 Å². The van der Waals surface area contributed by atoms with E-state index in [0.29, 0.717) is 5.92 Å². The highest BCUT2D eigenvalue weighted by Crippen LogP contribution is 2.40. The van der Waals surface area contributed by atoms with Crippen LogP contribution in [0.4, 0.5) is 0 Å². The minimum absolute atomic E-state index is 0.00889. The molecule has 27 heavy (non-hydrogen) atoms. The van der Waals surface area contributed by atoms with Crippen molar-refractivity contribution in [1.29, 1.82) is 0 Å². The zero-order valence-corrected chi connectivity index (χ0v) is 17.7. The van der Waals surface area contributed by atoms with E-state index in [9.17, 15) is 0 Å². The zero-order valence-electron chi connectivity index (χ0n) is 16.7. The second kappa shape index (κ2) is 8.29. The van der Waals surface area contributed by atoms with Crippen LogP contribution in [0.5, 0.6) is 0 Å². The molecule has 0 N–H and O–H groups in total. The van der Waals surface area contributed by atoms with Crippen LogP contribution < -0.4 is 10.4 Å². The third-order valence-electron chi connectivity index (χ3n) is 5.60. The summed E-state index contributed by atoms with van der Waals surface area (Å²) in [6.45, 7) is 6.99. The van der Waals surface area contributed by atoms with Gasteiger partial charge in [0.1, 0.15) is 0 Å². The van der Waals surface area contributed by atoms with Gasteiger partial charge >= 0.3 is 0 Å². The average molecular weight is 375 g/mol. The average Bonchev–Trinajstić information content (AvgIpc) is 3.11. The molecule has 0 fully saturated rings. The Balaban J connectivity index is 2.09. The molecule has 0 aromatic heterocycles. The first kappa shape index (κ1) is 19.7. The second-order valence-corrected chi connectivity index (χ2v) is 12.6. The molecule has 3 rings (SSSR count). The minimum atomic E-state index is -2.49. The lowest BCUT2D eigenvalue weighted by atomic mass is 10.0. The SMILES string of the molecule is C#CCC[C@@H]1C=CC[C@@H]1O[Si](c1ccccc1)(c1ccccc1)C(C)(C)C. The number of benzene rings is 2. The normalized spacial score (nSPS) is 19.8. The molecule has 0 saturated carbocycles. The molecule has 0 radical (unpaired) electrons. The Labute approximate surface area is 165 Å². The summed E-state index contributed by atoms with van der Waals surface area (Å²) in [6, 6.07) is 21.7. The second-order valence-electron chi connectivity index (χ2n) is 8.39. The van der Waals surface area contributed by atoms with Crippen molar-refractivity contribution in [2.45, 2.75) is 51.2 Å². The van der Waals surface area contributed by atoms with Crippen molar-refractivity contribution in [2.24, 2.45) is 5.92 Å². The summed E-state index contributed by atoms with van der Waals surface area (Å²) in [4.78, 5) is 0. The molecule has 2 aromatic carbocycles. The van der Waals surface area contributed by atoms with Crippen LogP contribution in [0, 0.1) is 18.3 Å². The van der Waals surface area contributed by atoms with Crippen LogP contribution in [-0.2, 0) is 4.43 Å². The van der Waals surface area contributed by atoms with E-state index in [1.807, 2.05) is 0 Å². The summed E-state index contributed by atoms with van der Waals surface area (Å²) in [5.41, 5.74) is 0. The van der Waals surface area contributed by atoms with Crippen molar-refractivity contribution in [2.75, 3.05) is 0 Å². The highest BCUT2D eigenvalue weighted by molar-refractivity contribution is 6.99. The van der Waals surface area contributed by atoms with E-state index in [1.165, 1.54) is 10.4 Å². The van der Waals surface area contributed by atoms with Gasteiger partial charge in [-0.3, -0.25) is 0 Å². The fraction of sp³-hybridized carbons (Fsp3) is 0.360. The monoisotopic (exact) mass is 374 g/mol. The summed E-state index contributed by atoms with van der Waals surface area (Å²) < 4.78 is 7.25.